The smallest absolute Gasteiger partial charge is 0.254 e. The van der Waals surface area contributed by atoms with Gasteiger partial charge in [0.15, 0.2) is 0 Å². The number of phenols is 1. The lowest BCUT2D eigenvalue weighted by Gasteiger charge is -2.04. The lowest BCUT2D eigenvalue weighted by molar-refractivity contribution is 0.443. The van der Waals surface area contributed by atoms with Crippen LogP contribution in [0.15, 0.2) is 35.1 Å². The predicted molar refractivity (Wildman–Crippen MR) is 57.8 cm³/mol. The summed E-state index contributed by atoms with van der Waals surface area (Å²) in [6.45, 7) is 1.66. The van der Waals surface area contributed by atoms with E-state index in [4.69, 9.17) is 4.74 Å². The summed E-state index contributed by atoms with van der Waals surface area (Å²) < 4.78 is 5.33. The van der Waals surface area contributed by atoms with Crippen molar-refractivity contribution >= 4 is 0 Å². The number of H-pyrrole nitrogens is 1. The third-order valence-corrected chi connectivity index (χ3v) is 1.88. The van der Waals surface area contributed by atoms with E-state index in [0.717, 1.165) is 0 Å². The summed E-state index contributed by atoms with van der Waals surface area (Å²) in [5.41, 5.74) is -0.275. The van der Waals surface area contributed by atoms with Gasteiger partial charge in [0.2, 0.25) is 5.88 Å². The van der Waals surface area contributed by atoms with E-state index in [1.165, 1.54) is 18.2 Å². The van der Waals surface area contributed by atoms with Crippen molar-refractivity contribution in [3.05, 3.63) is 46.5 Å². The van der Waals surface area contributed by atoms with E-state index < -0.39 is 0 Å². The van der Waals surface area contributed by atoms with E-state index in [2.05, 4.69) is 9.97 Å². The Bertz CT molecular complexity index is 563. The average Bonchev–Trinajstić information content (AvgIpc) is 2.15. The maximum absolute atomic E-state index is 11.1. The number of nitrogens with one attached hydrogen (secondary N) is 1. The minimum absolute atomic E-state index is 0.0964. The number of aromatic nitrogens is 2. The zero-order chi connectivity index (χ0) is 11.5. The number of ether oxygens (including phenoxy) is 1. The molecule has 0 saturated heterocycles. The van der Waals surface area contributed by atoms with Gasteiger partial charge in [-0.05, 0) is 19.1 Å². The fourth-order valence-electron chi connectivity index (χ4n) is 1.27. The Morgan fingerprint density at radius 2 is 2.19 bits per heavy atom. The quantitative estimate of drug-likeness (QED) is 0.802. The number of phenolic OH excluding ortho intramolecular Hbond substituents is 1. The van der Waals surface area contributed by atoms with Crippen LogP contribution in [-0.2, 0) is 0 Å². The molecule has 0 amide bonds. The molecule has 0 aliphatic rings. The second-order valence-corrected chi connectivity index (χ2v) is 3.27. The van der Waals surface area contributed by atoms with Crippen LogP contribution in [-0.4, -0.2) is 15.1 Å². The summed E-state index contributed by atoms with van der Waals surface area (Å²) in [5, 5.41) is 9.23. The van der Waals surface area contributed by atoms with Crippen LogP contribution in [0, 0.1) is 6.92 Å². The molecule has 0 spiro atoms. The van der Waals surface area contributed by atoms with Crippen molar-refractivity contribution in [2.45, 2.75) is 6.92 Å². The molecule has 5 heteroatoms. The number of aromatic hydroxyl groups is 1. The fraction of sp³-hybridized carbons (Fsp3) is 0.0909. The summed E-state index contributed by atoms with van der Waals surface area (Å²) in [5.74, 6) is 1.20. The van der Waals surface area contributed by atoms with Gasteiger partial charge in [0.1, 0.15) is 17.3 Å². The third-order valence-electron chi connectivity index (χ3n) is 1.88. The largest absolute Gasteiger partial charge is 0.508 e. The van der Waals surface area contributed by atoms with Gasteiger partial charge in [-0.25, -0.2) is 4.98 Å². The van der Waals surface area contributed by atoms with Crippen LogP contribution in [0.1, 0.15) is 5.82 Å². The Kier molecular flexibility index (Phi) is 2.59. The number of rotatable bonds is 2. The second-order valence-electron chi connectivity index (χ2n) is 3.27. The molecule has 2 N–H and O–H groups in total. The topological polar surface area (TPSA) is 75.2 Å². The van der Waals surface area contributed by atoms with E-state index in [-0.39, 0.29) is 17.2 Å². The van der Waals surface area contributed by atoms with Crippen molar-refractivity contribution < 1.29 is 9.84 Å². The first-order valence-electron chi connectivity index (χ1n) is 4.68. The number of hydrogen-bond acceptors (Lipinski definition) is 4. The highest BCUT2D eigenvalue weighted by Crippen LogP contribution is 2.22. The molecule has 0 bridgehead atoms. The van der Waals surface area contributed by atoms with Gasteiger partial charge in [-0.15, -0.1) is 0 Å². The fourth-order valence-corrected chi connectivity index (χ4v) is 1.27. The lowest BCUT2D eigenvalue weighted by atomic mass is 10.3. The molecule has 0 unspecified atom stereocenters. The molecular formula is C11H10N2O3. The second kappa shape index (κ2) is 4.06. The highest BCUT2D eigenvalue weighted by atomic mass is 16.5. The Balaban J connectivity index is 2.30. The average molecular weight is 218 g/mol. The van der Waals surface area contributed by atoms with Crippen molar-refractivity contribution in [2.75, 3.05) is 0 Å². The van der Waals surface area contributed by atoms with Crippen molar-refractivity contribution in [3.8, 4) is 17.4 Å². The first kappa shape index (κ1) is 10.2. The molecule has 1 heterocycles. The lowest BCUT2D eigenvalue weighted by Crippen LogP contribution is -2.08. The molecule has 1 aromatic heterocycles. The van der Waals surface area contributed by atoms with Gasteiger partial charge >= 0.3 is 0 Å². The number of aromatic amines is 1. The molecule has 0 atom stereocenters. The van der Waals surface area contributed by atoms with E-state index in [9.17, 15) is 9.90 Å². The van der Waals surface area contributed by atoms with E-state index in [1.807, 2.05) is 0 Å². The number of nitrogens with zero attached hydrogens (tertiary/aromatic N) is 1. The minimum Gasteiger partial charge on any atom is -0.508 e. The minimum atomic E-state index is -0.275. The molecular weight excluding hydrogens is 208 g/mol. The van der Waals surface area contributed by atoms with Crippen LogP contribution in [0.4, 0.5) is 0 Å². The Labute approximate surface area is 91.4 Å². The summed E-state index contributed by atoms with van der Waals surface area (Å²) in [4.78, 5) is 17.7. The zero-order valence-corrected chi connectivity index (χ0v) is 8.60. The molecule has 16 heavy (non-hydrogen) atoms. The van der Waals surface area contributed by atoms with Gasteiger partial charge in [0.25, 0.3) is 5.56 Å². The molecule has 0 saturated carbocycles. The molecule has 5 nitrogen and oxygen atoms in total. The molecule has 0 aliphatic heterocycles. The van der Waals surface area contributed by atoms with E-state index >= 15 is 0 Å². The Hall–Kier alpha value is -2.30. The molecule has 2 aromatic rings. The van der Waals surface area contributed by atoms with Crippen LogP contribution in [0.5, 0.6) is 17.4 Å². The van der Waals surface area contributed by atoms with E-state index in [0.29, 0.717) is 11.6 Å². The van der Waals surface area contributed by atoms with Gasteiger partial charge in [-0.1, -0.05) is 6.07 Å². The molecule has 0 fully saturated rings. The van der Waals surface area contributed by atoms with Crippen LogP contribution in [0.25, 0.3) is 0 Å². The van der Waals surface area contributed by atoms with Crippen LogP contribution >= 0.6 is 0 Å². The van der Waals surface area contributed by atoms with Gasteiger partial charge in [0.05, 0.1) is 6.07 Å². The van der Waals surface area contributed by atoms with Crippen LogP contribution in [0.2, 0.25) is 0 Å². The SMILES string of the molecule is Cc1nc(Oc2cccc(O)c2)cc(=O)[nH]1. The normalized spacial score (nSPS) is 10.1. The Morgan fingerprint density at radius 1 is 1.38 bits per heavy atom. The van der Waals surface area contributed by atoms with Crippen molar-refractivity contribution in [2.24, 2.45) is 0 Å². The van der Waals surface area contributed by atoms with Crippen LogP contribution in [0.3, 0.4) is 0 Å². The van der Waals surface area contributed by atoms with Crippen LogP contribution < -0.4 is 10.3 Å². The maximum atomic E-state index is 11.1. The Morgan fingerprint density at radius 3 is 2.88 bits per heavy atom. The molecule has 2 rings (SSSR count). The number of hydrogen-bond donors (Lipinski definition) is 2. The summed E-state index contributed by atoms with van der Waals surface area (Å²) >= 11 is 0. The maximum Gasteiger partial charge on any atom is 0.254 e. The van der Waals surface area contributed by atoms with Gasteiger partial charge in [0, 0.05) is 6.07 Å². The molecule has 82 valence electrons. The summed E-state index contributed by atoms with van der Waals surface area (Å²) in [6, 6.07) is 7.53. The van der Waals surface area contributed by atoms with Gasteiger partial charge in [-0.2, -0.15) is 0 Å². The standard InChI is InChI=1S/C11H10N2O3/c1-7-12-10(15)6-11(13-7)16-9-4-2-3-8(14)5-9/h2-6,14H,1H3,(H,12,13,15). The van der Waals surface area contributed by atoms with Gasteiger partial charge in [-0.3, -0.25) is 4.79 Å². The highest BCUT2D eigenvalue weighted by Gasteiger charge is 2.01. The highest BCUT2D eigenvalue weighted by molar-refractivity contribution is 5.34. The van der Waals surface area contributed by atoms with Gasteiger partial charge < -0.3 is 14.8 Å². The van der Waals surface area contributed by atoms with Crippen molar-refractivity contribution in [1.82, 2.24) is 9.97 Å². The molecule has 0 radical (unpaired) electrons. The van der Waals surface area contributed by atoms with Crippen molar-refractivity contribution in [1.29, 1.82) is 0 Å². The zero-order valence-electron chi connectivity index (χ0n) is 8.60. The third kappa shape index (κ3) is 2.38. The molecule has 1 aromatic carbocycles. The number of aryl methyl sites for hydroxylation is 1. The first-order valence-corrected chi connectivity index (χ1v) is 4.68. The van der Waals surface area contributed by atoms with E-state index in [1.54, 1.807) is 19.1 Å². The summed E-state index contributed by atoms with van der Waals surface area (Å²) in [7, 11) is 0. The number of benzene rings is 1. The van der Waals surface area contributed by atoms with Crippen molar-refractivity contribution in [3.63, 3.8) is 0 Å². The first-order chi connectivity index (χ1) is 7.63. The predicted octanol–water partition coefficient (Wildman–Crippen LogP) is 1.58. The molecule has 0 aliphatic carbocycles. The monoisotopic (exact) mass is 218 g/mol. The summed E-state index contributed by atoms with van der Waals surface area (Å²) in [6.07, 6.45) is 0.